The summed E-state index contributed by atoms with van der Waals surface area (Å²) in [6.07, 6.45) is 0. The standard InChI is InChI=1S/C18H21FN2O4S/c1-3-21(4-2)26(23,24)17-7-5-6-15(12-17)20-18(22)13-25-16-10-8-14(19)9-11-16/h5-12H,3-4,13H2,1-2H3,(H,20,22). The first-order chi connectivity index (χ1) is 12.4. The lowest BCUT2D eigenvalue weighted by molar-refractivity contribution is -0.118. The van der Waals surface area contributed by atoms with Crippen LogP contribution in [0, 0.1) is 5.82 Å². The number of carbonyl (C=O) groups is 1. The van der Waals surface area contributed by atoms with Crippen LogP contribution in [0.15, 0.2) is 53.4 Å². The molecule has 0 aromatic heterocycles. The van der Waals surface area contributed by atoms with Gasteiger partial charge in [-0.15, -0.1) is 0 Å². The van der Waals surface area contributed by atoms with Crippen LogP contribution in [-0.4, -0.2) is 38.3 Å². The van der Waals surface area contributed by atoms with E-state index in [0.29, 0.717) is 24.5 Å². The van der Waals surface area contributed by atoms with Crippen molar-refractivity contribution in [3.8, 4) is 5.75 Å². The first kappa shape index (κ1) is 19.9. The van der Waals surface area contributed by atoms with Crippen molar-refractivity contribution in [2.24, 2.45) is 0 Å². The molecule has 0 unspecified atom stereocenters. The van der Waals surface area contributed by atoms with Crippen LogP contribution in [0.3, 0.4) is 0 Å². The molecule has 0 bridgehead atoms. The molecule has 0 saturated heterocycles. The summed E-state index contributed by atoms with van der Waals surface area (Å²) in [5.41, 5.74) is 0.353. The Labute approximate surface area is 152 Å². The monoisotopic (exact) mass is 380 g/mol. The zero-order valence-corrected chi connectivity index (χ0v) is 15.4. The van der Waals surface area contributed by atoms with E-state index in [1.165, 1.54) is 40.7 Å². The predicted molar refractivity (Wildman–Crippen MR) is 97.1 cm³/mol. The molecule has 0 aliphatic heterocycles. The van der Waals surface area contributed by atoms with E-state index in [0.717, 1.165) is 0 Å². The molecule has 26 heavy (non-hydrogen) atoms. The van der Waals surface area contributed by atoms with Gasteiger partial charge in [0.2, 0.25) is 10.0 Å². The van der Waals surface area contributed by atoms with Crippen molar-refractivity contribution in [3.05, 3.63) is 54.3 Å². The van der Waals surface area contributed by atoms with Crippen LogP contribution >= 0.6 is 0 Å². The van der Waals surface area contributed by atoms with Crippen molar-refractivity contribution in [1.29, 1.82) is 0 Å². The lowest BCUT2D eigenvalue weighted by Gasteiger charge is -2.18. The van der Waals surface area contributed by atoms with E-state index in [9.17, 15) is 17.6 Å². The lowest BCUT2D eigenvalue weighted by atomic mass is 10.3. The number of hydrogen-bond donors (Lipinski definition) is 1. The van der Waals surface area contributed by atoms with Gasteiger partial charge in [-0.3, -0.25) is 4.79 Å². The Balaban J connectivity index is 2.03. The molecule has 0 saturated carbocycles. The molecule has 0 atom stereocenters. The minimum absolute atomic E-state index is 0.110. The maximum absolute atomic E-state index is 12.8. The van der Waals surface area contributed by atoms with E-state index >= 15 is 0 Å². The topological polar surface area (TPSA) is 75.7 Å². The van der Waals surface area contributed by atoms with Gasteiger partial charge in [-0.1, -0.05) is 19.9 Å². The molecule has 0 radical (unpaired) electrons. The zero-order chi connectivity index (χ0) is 19.2. The number of nitrogens with one attached hydrogen (secondary N) is 1. The highest BCUT2D eigenvalue weighted by Gasteiger charge is 2.21. The summed E-state index contributed by atoms with van der Waals surface area (Å²) >= 11 is 0. The van der Waals surface area contributed by atoms with Crippen molar-refractivity contribution in [3.63, 3.8) is 0 Å². The van der Waals surface area contributed by atoms with Gasteiger partial charge in [0.25, 0.3) is 5.91 Å². The molecule has 6 nitrogen and oxygen atoms in total. The third-order valence-electron chi connectivity index (χ3n) is 3.64. The minimum Gasteiger partial charge on any atom is -0.484 e. The Bertz CT molecular complexity index is 850. The molecule has 8 heteroatoms. The molecule has 0 aliphatic carbocycles. The quantitative estimate of drug-likeness (QED) is 0.764. The number of ether oxygens (including phenoxy) is 1. The molecule has 2 aromatic carbocycles. The molecular formula is C18H21FN2O4S. The highest BCUT2D eigenvalue weighted by molar-refractivity contribution is 7.89. The van der Waals surface area contributed by atoms with Gasteiger partial charge in [0.1, 0.15) is 11.6 Å². The van der Waals surface area contributed by atoms with Crippen LogP contribution in [-0.2, 0) is 14.8 Å². The van der Waals surface area contributed by atoms with Crippen LogP contribution in [0.5, 0.6) is 5.75 Å². The van der Waals surface area contributed by atoms with Gasteiger partial charge in [0.05, 0.1) is 4.90 Å². The van der Waals surface area contributed by atoms with Gasteiger partial charge in [-0.05, 0) is 42.5 Å². The van der Waals surface area contributed by atoms with E-state index in [1.807, 2.05) is 0 Å². The third-order valence-corrected chi connectivity index (χ3v) is 5.69. The Kier molecular flexibility index (Phi) is 6.70. The Morgan fingerprint density at radius 3 is 2.38 bits per heavy atom. The molecule has 2 aromatic rings. The van der Waals surface area contributed by atoms with E-state index in [4.69, 9.17) is 4.74 Å². The summed E-state index contributed by atoms with van der Waals surface area (Å²) in [5, 5.41) is 2.59. The number of sulfonamides is 1. The molecule has 1 amide bonds. The van der Waals surface area contributed by atoms with E-state index in [-0.39, 0.29) is 11.5 Å². The Hall–Kier alpha value is -2.45. The molecule has 140 valence electrons. The summed E-state index contributed by atoms with van der Waals surface area (Å²) in [4.78, 5) is 12.1. The molecule has 0 fully saturated rings. The van der Waals surface area contributed by atoms with Crippen molar-refractivity contribution in [1.82, 2.24) is 4.31 Å². The maximum Gasteiger partial charge on any atom is 0.262 e. The molecule has 0 heterocycles. The van der Waals surface area contributed by atoms with Crippen LogP contribution in [0.2, 0.25) is 0 Å². The average molecular weight is 380 g/mol. The van der Waals surface area contributed by atoms with E-state index in [2.05, 4.69) is 5.32 Å². The van der Waals surface area contributed by atoms with Gasteiger partial charge >= 0.3 is 0 Å². The predicted octanol–water partition coefficient (Wildman–Crippen LogP) is 2.87. The molecular weight excluding hydrogens is 359 g/mol. The highest BCUT2D eigenvalue weighted by Crippen LogP contribution is 2.19. The third kappa shape index (κ3) is 5.03. The summed E-state index contributed by atoms with van der Waals surface area (Å²) in [7, 11) is -3.60. The largest absolute Gasteiger partial charge is 0.484 e. The Morgan fingerprint density at radius 1 is 1.12 bits per heavy atom. The fourth-order valence-electron chi connectivity index (χ4n) is 2.32. The SMILES string of the molecule is CCN(CC)S(=O)(=O)c1cccc(NC(=O)COc2ccc(F)cc2)c1. The number of hydrogen-bond acceptors (Lipinski definition) is 4. The lowest BCUT2D eigenvalue weighted by Crippen LogP contribution is -2.30. The minimum atomic E-state index is -3.60. The van der Waals surface area contributed by atoms with Gasteiger partial charge in [0.15, 0.2) is 6.61 Å². The van der Waals surface area contributed by atoms with Crippen molar-refractivity contribution in [2.45, 2.75) is 18.7 Å². The van der Waals surface area contributed by atoms with Crippen LogP contribution in [0.25, 0.3) is 0 Å². The van der Waals surface area contributed by atoms with Crippen LogP contribution in [0.1, 0.15) is 13.8 Å². The number of nitrogens with zero attached hydrogens (tertiary/aromatic N) is 1. The average Bonchev–Trinajstić information content (AvgIpc) is 2.62. The smallest absolute Gasteiger partial charge is 0.262 e. The molecule has 2 rings (SSSR count). The second-order valence-electron chi connectivity index (χ2n) is 5.41. The fraction of sp³-hybridized carbons (Fsp3) is 0.278. The van der Waals surface area contributed by atoms with Gasteiger partial charge in [-0.25, -0.2) is 12.8 Å². The van der Waals surface area contributed by atoms with Gasteiger partial charge in [-0.2, -0.15) is 4.31 Å². The first-order valence-electron chi connectivity index (χ1n) is 8.15. The second-order valence-corrected chi connectivity index (χ2v) is 7.35. The number of halogens is 1. The maximum atomic E-state index is 12.8. The number of rotatable bonds is 8. The summed E-state index contributed by atoms with van der Waals surface area (Å²) in [6, 6.07) is 11.3. The highest BCUT2D eigenvalue weighted by atomic mass is 32.2. The van der Waals surface area contributed by atoms with E-state index in [1.54, 1.807) is 26.0 Å². The van der Waals surface area contributed by atoms with Crippen LogP contribution in [0.4, 0.5) is 10.1 Å². The van der Waals surface area contributed by atoms with E-state index < -0.39 is 21.7 Å². The Morgan fingerprint density at radius 2 is 1.77 bits per heavy atom. The molecule has 1 N–H and O–H groups in total. The van der Waals surface area contributed by atoms with Crippen LogP contribution < -0.4 is 10.1 Å². The number of anilines is 1. The fourth-order valence-corrected chi connectivity index (χ4v) is 3.83. The van der Waals surface area contributed by atoms with Gasteiger partial charge in [0, 0.05) is 18.8 Å². The number of amides is 1. The molecule has 0 spiro atoms. The molecule has 0 aliphatic rings. The number of benzene rings is 2. The van der Waals surface area contributed by atoms with Crippen molar-refractivity contribution < 1.29 is 22.3 Å². The summed E-state index contributed by atoms with van der Waals surface area (Å²) in [6.45, 7) is 3.97. The first-order valence-corrected chi connectivity index (χ1v) is 9.59. The van der Waals surface area contributed by atoms with Crippen molar-refractivity contribution in [2.75, 3.05) is 25.0 Å². The van der Waals surface area contributed by atoms with Gasteiger partial charge < -0.3 is 10.1 Å². The zero-order valence-electron chi connectivity index (χ0n) is 14.6. The number of carbonyl (C=O) groups excluding carboxylic acids is 1. The normalized spacial score (nSPS) is 11.4. The summed E-state index contributed by atoms with van der Waals surface area (Å²) < 4.78 is 44.5. The summed E-state index contributed by atoms with van der Waals surface area (Å²) in [5.74, 6) is -0.487. The second kappa shape index (κ2) is 8.77. The van der Waals surface area contributed by atoms with Crippen molar-refractivity contribution >= 4 is 21.6 Å².